The summed E-state index contributed by atoms with van der Waals surface area (Å²) < 4.78 is 1.82. The van der Waals surface area contributed by atoms with Crippen molar-refractivity contribution < 1.29 is 0 Å². The number of hydrogen-bond acceptors (Lipinski definition) is 5. The molecule has 1 N–H and O–H groups in total. The number of hydrogen-bond donors (Lipinski definition) is 1. The number of allylic oxidation sites excluding steroid dienone is 1. The van der Waals surface area contributed by atoms with Gasteiger partial charge in [-0.15, -0.1) is 11.3 Å². The number of aromatic nitrogens is 3. The largest absolute Gasteiger partial charge is 0.345 e. The number of rotatable bonds is 4. The first-order chi connectivity index (χ1) is 8.74. The number of nitriles is 1. The molecule has 0 amide bonds. The first kappa shape index (κ1) is 12.3. The molecule has 2 rings (SSSR count). The molecular weight excluding hydrogens is 246 g/mol. The first-order valence-electron chi connectivity index (χ1n) is 5.55. The highest BCUT2D eigenvalue weighted by Crippen LogP contribution is 2.19. The monoisotopic (exact) mass is 259 g/mol. The summed E-state index contributed by atoms with van der Waals surface area (Å²) in [6.45, 7) is 4.70. The van der Waals surface area contributed by atoms with Gasteiger partial charge in [-0.05, 0) is 13.8 Å². The van der Waals surface area contributed by atoms with Crippen molar-refractivity contribution in [3.05, 3.63) is 34.5 Å². The molecule has 0 bridgehead atoms. The summed E-state index contributed by atoms with van der Waals surface area (Å²) in [5, 5.41) is 19.0. The van der Waals surface area contributed by atoms with Crippen LogP contribution in [0, 0.1) is 18.3 Å². The maximum absolute atomic E-state index is 9.13. The molecule has 0 aliphatic carbocycles. The van der Waals surface area contributed by atoms with Crippen LogP contribution in [0.3, 0.4) is 0 Å². The zero-order chi connectivity index (χ0) is 13.0. The summed E-state index contributed by atoms with van der Waals surface area (Å²) in [6.07, 6.45) is 3.39. The molecule has 5 nitrogen and oxygen atoms in total. The molecule has 0 saturated heterocycles. The van der Waals surface area contributed by atoms with Crippen LogP contribution in [0.25, 0.3) is 5.57 Å². The molecule has 0 atom stereocenters. The lowest BCUT2D eigenvalue weighted by molar-refractivity contribution is 0.668. The highest BCUT2D eigenvalue weighted by molar-refractivity contribution is 7.10. The van der Waals surface area contributed by atoms with Gasteiger partial charge in [-0.25, -0.2) is 9.67 Å². The van der Waals surface area contributed by atoms with Crippen LogP contribution in [0.5, 0.6) is 0 Å². The SMILES string of the molecule is CCn1nccc1N/C=C(\C#N)c1nc(C)cs1. The average Bonchev–Trinajstić information content (AvgIpc) is 2.99. The molecule has 2 heterocycles. The van der Waals surface area contributed by atoms with Crippen molar-refractivity contribution in [1.29, 1.82) is 5.26 Å². The Bertz CT molecular complexity index is 602. The van der Waals surface area contributed by atoms with Crippen LogP contribution >= 0.6 is 11.3 Å². The maximum Gasteiger partial charge on any atom is 0.135 e. The molecule has 92 valence electrons. The number of nitrogens with zero attached hydrogens (tertiary/aromatic N) is 4. The van der Waals surface area contributed by atoms with Crippen molar-refractivity contribution in [3.8, 4) is 6.07 Å². The fraction of sp³-hybridized carbons (Fsp3) is 0.250. The summed E-state index contributed by atoms with van der Waals surface area (Å²) in [5.74, 6) is 0.860. The van der Waals surface area contributed by atoms with Crippen molar-refractivity contribution in [2.45, 2.75) is 20.4 Å². The van der Waals surface area contributed by atoms with Gasteiger partial charge >= 0.3 is 0 Å². The molecule has 0 radical (unpaired) electrons. The Morgan fingerprint density at radius 1 is 1.67 bits per heavy atom. The van der Waals surface area contributed by atoms with E-state index in [2.05, 4.69) is 21.5 Å². The fourth-order valence-electron chi connectivity index (χ4n) is 1.47. The Kier molecular flexibility index (Phi) is 3.75. The van der Waals surface area contributed by atoms with Crippen LogP contribution in [0.2, 0.25) is 0 Å². The molecule has 18 heavy (non-hydrogen) atoms. The molecule has 0 spiro atoms. The van der Waals surface area contributed by atoms with E-state index >= 15 is 0 Å². The predicted octanol–water partition coefficient (Wildman–Crippen LogP) is 2.64. The van der Waals surface area contributed by atoms with Crippen molar-refractivity contribution in [1.82, 2.24) is 14.8 Å². The third kappa shape index (κ3) is 2.57. The third-order valence-corrected chi connectivity index (χ3v) is 3.34. The van der Waals surface area contributed by atoms with Gasteiger partial charge in [-0.1, -0.05) is 0 Å². The third-order valence-electron chi connectivity index (χ3n) is 2.35. The van der Waals surface area contributed by atoms with E-state index in [0.717, 1.165) is 23.1 Å². The summed E-state index contributed by atoms with van der Waals surface area (Å²) >= 11 is 1.47. The van der Waals surface area contributed by atoms with Gasteiger partial charge in [0.25, 0.3) is 0 Å². The molecule has 2 aromatic rings. The lowest BCUT2D eigenvalue weighted by atomic mass is 10.3. The second-order valence-electron chi connectivity index (χ2n) is 3.64. The van der Waals surface area contributed by atoms with Gasteiger partial charge in [-0.3, -0.25) is 0 Å². The molecule has 0 aliphatic heterocycles. The van der Waals surface area contributed by atoms with Gasteiger partial charge in [0.05, 0.1) is 6.20 Å². The van der Waals surface area contributed by atoms with Gasteiger partial charge in [0.2, 0.25) is 0 Å². The highest BCUT2D eigenvalue weighted by atomic mass is 32.1. The fourth-order valence-corrected chi connectivity index (χ4v) is 2.24. The first-order valence-corrected chi connectivity index (χ1v) is 6.43. The molecule has 0 saturated carbocycles. The lowest BCUT2D eigenvalue weighted by Gasteiger charge is -2.03. The predicted molar refractivity (Wildman–Crippen MR) is 72.0 cm³/mol. The van der Waals surface area contributed by atoms with Crippen LogP contribution in [-0.2, 0) is 6.54 Å². The Labute approximate surface area is 109 Å². The number of thiazole rings is 1. The van der Waals surface area contributed by atoms with Crippen molar-refractivity contribution in [2.75, 3.05) is 5.32 Å². The van der Waals surface area contributed by atoms with Gasteiger partial charge in [-0.2, -0.15) is 10.4 Å². The van der Waals surface area contributed by atoms with E-state index in [4.69, 9.17) is 5.26 Å². The summed E-state index contributed by atoms with van der Waals surface area (Å²) in [6, 6.07) is 4.01. The lowest BCUT2D eigenvalue weighted by Crippen LogP contribution is -2.02. The molecule has 0 unspecified atom stereocenters. The molecule has 0 fully saturated rings. The van der Waals surface area contributed by atoms with E-state index in [1.54, 1.807) is 12.4 Å². The molecule has 6 heteroatoms. The van der Waals surface area contributed by atoms with E-state index < -0.39 is 0 Å². The van der Waals surface area contributed by atoms with Gasteiger partial charge < -0.3 is 5.32 Å². The number of anilines is 1. The highest BCUT2D eigenvalue weighted by Gasteiger charge is 2.05. The minimum absolute atomic E-state index is 0.525. The van der Waals surface area contributed by atoms with Crippen LogP contribution < -0.4 is 5.32 Å². The van der Waals surface area contributed by atoms with Crippen molar-refractivity contribution in [2.24, 2.45) is 0 Å². The smallest absolute Gasteiger partial charge is 0.135 e. The molecular formula is C12H13N5S. The number of aryl methyl sites for hydroxylation is 2. The van der Waals surface area contributed by atoms with Crippen molar-refractivity contribution in [3.63, 3.8) is 0 Å². The summed E-state index contributed by atoms with van der Waals surface area (Å²) in [5.41, 5.74) is 1.45. The second kappa shape index (κ2) is 5.47. The molecule has 0 aliphatic rings. The quantitative estimate of drug-likeness (QED) is 0.857. The Morgan fingerprint density at radius 2 is 2.50 bits per heavy atom. The Morgan fingerprint density at radius 3 is 3.11 bits per heavy atom. The van der Waals surface area contributed by atoms with E-state index in [1.807, 2.05) is 30.0 Å². The van der Waals surface area contributed by atoms with E-state index in [1.165, 1.54) is 11.3 Å². The standard InChI is InChI=1S/C12H13N5S/c1-3-17-11(4-5-15-17)14-7-10(6-13)12-16-9(2)8-18-12/h4-5,7-8,14H,3H2,1-2H3/b10-7+. The van der Waals surface area contributed by atoms with Gasteiger partial charge in [0, 0.05) is 29.9 Å². The van der Waals surface area contributed by atoms with Gasteiger partial charge in [0.15, 0.2) is 0 Å². The zero-order valence-corrected chi connectivity index (χ0v) is 11.0. The average molecular weight is 259 g/mol. The van der Waals surface area contributed by atoms with E-state index in [9.17, 15) is 0 Å². The summed E-state index contributed by atoms with van der Waals surface area (Å²) in [4.78, 5) is 4.29. The van der Waals surface area contributed by atoms with Crippen LogP contribution in [0.4, 0.5) is 5.82 Å². The molecule has 0 aromatic carbocycles. The second-order valence-corrected chi connectivity index (χ2v) is 4.50. The number of nitrogens with one attached hydrogen (secondary N) is 1. The molecule has 2 aromatic heterocycles. The minimum Gasteiger partial charge on any atom is -0.345 e. The van der Waals surface area contributed by atoms with E-state index in [-0.39, 0.29) is 0 Å². The topological polar surface area (TPSA) is 66.5 Å². The zero-order valence-electron chi connectivity index (χ0n) is 10.2. The van der Waals surface area contributed by atoms with Gasteiger partial charge in [0.1, 0.15) is 22.5 Å². The maximum atomic E-state index is 9.13. The Hall–Kier alpha value is -2.13. The van der Waals surface area contributed by atoms with Crippen molar-refractivity contribution >= 4 is 22.7 Å². The normalized spacial score (nSPS) is 11.3. The van der Waals surface area contributed by atoms with E-state index in [0.29, 0.717) is 5.57 Å². The minimum atomic E-state index is 0.525. The Balaban J connectivity index is 2.19. The van der Waals surface area contributed by atoms with Crippen LogP contribution in [0.15, 0.2) is 23.8 Å². The van der Waals surface area contributed by atoms with Crippen LogP contribution in [-0.4, -0.2) is 14.8 Å². The summed E-state index contributed by atoms with van der Waals surface area (Å²) in [7, 11) is 0. The van der Waals surface area contributed by atoms with Crippen LogP contribution in [0.1, 0.15) is 17.6 Å².